The van der Waals surface area contributed by atoms with E-state index in [0.717, 1.165) is 24.6 Å². The Morgan fingerprint density at radius 2 is 1.70 bits per heavy atom. The Bertz CT molecular complexity index is 592. The van der Waals surface area contributed by atoms with Gasteiger partial charge in [0.05, 0.1) is 5.56 Å². The minimum absolute atomic E-state index is 0.0269. The van der Waals surface area contributed by atoms with Crippen molar-refractivity contribution in [3.8, 4) is 0 Å². The molecule has 0 radical (unpaired) electrons. The van der Waals surface area contributed by atoms with Gasteiger partial charge in [0.25, 0.3) is 5.91 Å². The molecular weight excluding hydrogens is 304 g/mol. The molecule has 0 bridgehead atoms. The van der Waals surface area contributed by atoms with Crippen LogP contribution in [0.2, 0.25) is 0 Å². The number of carbonyl (C=O) groups is 2. The van der Waals surface area contributed by atoms with Crippen LogP contribution in [-0.2, 0) is 9.53 Å². The van der Waals surface area contributed by atoms with E-state index in [2.05, 4.69) is 26.1 Å². The molecule has 0 aliphatic carbocycles. The highest BCUT2D eigenvalue weighted by Gasteiger charge is 2.27. The van der Waals surface area contributed by atoms with Crippen molar-refractivity contribution in [1.29, 1.82) is 0 Å². The van der Waals surface area contributed by atoms with Gasteiger partial charge in [-0.2, -0.15) is 0 Å². The Labute approximate surface area is 135 Å². The van der Waals surface area contributed by atoms with Crippen molar-refractivity contribution in [3.05, 3.63) is 35.4 Å². The molecule has 0 fully saturated rings. The van der Waals surface area contributed by atoms with Crippen LogP contribution in [0.25, 0.3) is 0 Å². The van der Waals surface area contributed by atoms with Crippen molar-refractivity contribution < 1.29 is 23.1 Å². The molecule has 0 aliphatic rings. The fourth-order valence-electron chi connectivity index (χ4n) is 2.62. The van der Waals surface area contributed by atoms with Crippen LogP contribution in [0, 0.1) is 17.0 Å². The van der Waals surface area contributed by atoms with E-state index in [1.54, 1.807) is 0 Å². The average Bonchev–Trinajstić information content (AvgIpc) is 2.35. The number of benzene rings is 1. The molecule has 0 spiro atoms. The van der Waals surface area contributed by atoms with Gasteiger partial charge in [-0.05, 0) is 43.9 Å². The number of hydrogen-bond acceptors (Lipinski definition) is 3. The Kier molecular flexibility index (Phi) is 5.86. The zero-order valence-electron chi connectivity index (χ0n) is 14.1. The first kappa shape index (κ1) is 19.1. The first-order valence-corrected chi connectivity index (χ1v) is 7.33. The number of amides is 1. The van der Waals surface area contributed by atoms with Crippen molar-refractivity contribution in [1.82, 2.24) is 5.32 Å². The van der Waals surface area contributed by atoms with Crippen molar-refractivity contribution >= 4 is 11.9 Å². The summed E-state index contributed by atoms with van der Waals surface area (Å²) in [6, 6.07) is 2.67. The zero-order chi connectivity index (χ0) is 17.8. The van der Waals surface area contributed by atoms with Crippen LogP contribution in [0.15, 0.2) is 18.2 Å². The minimum atomic E-state index is -1.14. The third-order valence-corrected chi connectivity index (χ3v) is 2.94. The van der Waals surface area contributed by atoms with Crippen molar-refractivity contribution in [3.63, 3.8) is 0 Å². The van der Waals surface area contributed by atoms with E-state index in [9.17, 15) is 18.4 Å². The molecule has 1 amide bonds. The van der Waals surface area contributed by atoms with Crippen LogP contribution in [0.1, 0.15) is 51.4 Å². The summed E-state index contributed by atoms with van der Waals surface area (Å²) in [5, 5.41) is 2.79. The fraction of sp³-hybridized carbons (Fsp3) is 0.529. The maximum Gasteiger partial charge on any atom is 0.338 e. The van der Waals surface area contributed by atoms with Gasteiger partial charge in [-0.1, -0.05) is 20.8 Å². The predicted octanol–water partition coefficient (Wildman–Crippen LogP) is 3.45. The van der Waals surface area contributed by atoms with E-state index in [1.807, 2.05) is 13.8 Å². The van der Waals surface area contributed by atoms with Crippen LogP contribution < -0.4 is 5.32 Å². The first-order chi connectivity index (χ1) is 10.4. The Hall–Kier alpha value is -1.98. The second-order valence-corrected chi connectivity index (χ2v) is 7.37. The van der Waals surface area contributed by atoms with Gasteiger partial charge in [0.15, 0.2) is 18.2 Å². The number of halogens is 2. The first-order valence-electron chi connectivity index (χ1n) is 7.33. The maximum atomic E-state index is 13.1. The molecule has 1 aromatic carbocycles. The monoisotopic (exact) mass is 327 g/mol. The van der Waals surface area contributed by atoms with Crippen molar-refractivity contribution in [2.24, 2.45) is 5.41 Å². The van der Waals surface area contributed by atoms with Gasteiger partial charge >= 0.3 is 5.97 Å². The summed E-state index contributed by atoms with van der Waals surface area (Å²) in [5.74, 6) is -3.53. The molecule has 1 aromatic rings. The highest BCUT2D eigenvalue weighted by molar-refractivity contribution is 5.91. The standard InChI is InChI=1S/C17H23F2NO3/c1-16(2,3)10-17(4,5)20-14(21)9-23-15(22)11-6-7-12(18)13(19)8-11/h6-8H,9-10H2,1-5H3,(H,20,21). The van der Waals surface area contributed by atoms with E-state index in [0.29, 0.717) is 0 Å². The van der Waals surface area contributed by atoms with E-state index in [4.69, 9.17) is 4.74 Å². The number of hydrogen-bond donors (Lipinski definition) is 1. The molecule has 0 unspecified atom stereocenters. The molecule has 6 heteroatoms. The van der Waals surface area contributed by atoms with Crippen molar-refractivity contribution in [2.45, 2.75) is 46.6 Å². The summed E-state index contributed by atoms with van der Waals surface area (Å²) >= 11 is 0. The van der Waals surface area contributed by atoms with Crippen LogP contribution in [0.4, 0.5) is 8.78 Å². The van der Waals surface area contributed by atoms with Crippen LogP contribution in [-0.4, -0.2) is 24.0 Å². The molecule has 23 heavy (non-hydrogen) atoms. The topological polar surface area (TPSA) is 55.4 Å². The molecule has 1 N–H and O–H groups in total. The second-order valence-electron chi connectivity index (χ2n) is 7.37. The van der Waals surface area contributed by atoms with Gasteiger partial charge in [0.1, 0.15) is 0 Å². The van der Waals surface area contributed by atoms with Gasteiger partial charge in [-0.15, -0.1) is 0 Å². The number of nitrogens with one attached hydrogen (secondary N) is 1. The van der Waals surface area contributed by atoms with Gasteiger partial charge in [0, 0.05) is 5.54 Å². The second kappa shape index (κ2) is 7.06. The summed E-state index contributed by atoms with van der Waals surface area (Å²) < 4.78 is 30.7. The third kappa shape index (κ3) is 6.76. The molecule has 0 saturated carbocycles. The Morgan fingerprint density at radius 1 is 1.09 bits per heavy atom. The van der Waals surface area contributed by atoms with Gasteiger partial charge in [0.2, 0.25) is 0 Å². The molecule has 1 rings (SSSR count). The molecule has 128 valence electrons. The van der Waals surface area contributed by atoms with Crippen molar-refractivity contribution in [2.75, 3.05) is 6.61 Å². The molecule has 0 aliphatic heterocycles. The fourth-order valence-corrected chi connectivity index (χ4v) is 2.62. The Morgan fingerprint density at radius 3 is 2.22 bits per heavy atom. The molecule has 0 saturated heterocycles. The lowest BCUT2D eigenvalue weighted by Gasteiger charge is -2.33. The summed E-state index contributed by atoms with van der Waals surface area (Å²) in [4.78, 5) is 23.6. The predicted molar refractivity (Wildman–Crippen MR) is 82.9 cm³/mol. The maximum absolute atomic E-state index is 13.1. The van der Waals surface area contributed by atoms with Crippen LogP contribution >= 0.6 is 0 Å². The third-order valence-electron chi connectivity index (χ3n) is 2.94. The lowest BCUT2D eigenvalue weighted by atomic mass is 9.82. The highest BCUT2D eigenvalue weighted by Crippen LogP contribution is 2.26. The van der Waals surface area contributed by atoms with Crippen LogP contribution in [0.3, 0.4) is 0 Å². The average molecular weight is 327 g/mol. The summed E-state index contributed by atoms with van der Waals surface area (Å²) in [7, 11) is 0. The quantitative estimate of drug-likeness (QED) is 0.843. The lowest BCUT2D eigenvalue weighted by Crippen LogP contribution is -2.47. The molecular formula is C17H23F2NO3. The molecule has 0 atom stereocenters. The number of rotatable bonds is 5. The summed E-state index contributed by atoms with van der Waals surface area (Å²) in [6.07, 6.45) is 0.739. The SMILES string of the molecule is CC(C)(C)CC(C)(C)NC(=O)COC(=O)c1ccc(F)c(F)c1. The van der Waals surface area contributed by atoms with Gasteiger partial charge < -0.3 is 10.1 Å². The largest absolute Gasteiger partial charge is 0.452 e. The number of ether oxygens (including phenoxy) is 1. The van der Waals surface area contributed by atoms with Gasteiger partial charge in [-0.3, -0.25) is 4.79 Å². The molecule has 0 aromatic heterocycles. The smallest absolute Gasteiger partial charge is 0.338 e. The summed E-state index contributed by atoms with van der Waals surface area (Å²) in [6.45, 7) is 9.46. The van der Waals surface area contributed by atoms with E-state index < -0.39 is 35.7 Å². The summed E-state index contributed by atoms with van der Waals surface area (Å²) in [5.41, 5.74) is -0.575. The Balaban J connectivity index is 2.55. The zero-order valence-corrected chi connectivity index (χ0v) is 14.1. The van der Waals surface area contributed by atoms with E-state index in [-0.39, 0.29) is 11.0 Å². The molecule has 4 nitrogen and oxygen atoms in total. The lowest BCUT2D eigenvalue weighted by molar-refractivity contribution is -0.126. The van der Waals surface area contributed by atoms with Gasteiger partial charge in [-0.25, -0.2) is 13.6 Å². The van der Waals surface area contributed by atoms with E-state index >= 15 is 0 Å². The minimum Gasteiger partial charge on any atom is -0.452 e. The normalized spacial score (nSPS) is 12.0. The molecule has 0 heterocycles. The van der Waals surface area contributed by atoms with E-state index in [1.165, 1.54) is 0 Å². The number of carbonyl (C=O) groups excluding carboxylic acids is 2. The highest BCUT2D eigenvalue weighted by atomic mass is 19.2. The van der Waals surface area contributed by atoms with Crippen LogP contribution in [0.5, 0.6) is 0 Å². The number of esters is 1.